The van der Waals surface area contributed by atoms with E-state index in [2.05, 4.69) is 17.6 Å². The lowest BCUT2D eigenvalue weighted by Crippen LogP contribution is -2.44. The molecule has 8 heteroatoms. The Hall–Kier alpha value is -3.42. The number of nitrogens with one attached hydrogen (secondary N) is 2. The van der Waals surface area contributed by atoms with Crippen LogP contribution in [-0.4, -0.2) is 37.0 Å². The van der Waals surface area contributed by atoms with Crippen LogP contribution in [0.4, 0.5) is 5.69 Å². The van der Waals surface area contributed by atoms with Gasteiger partial charge >= 0.3 is 5.97 Å². The van der Waals surface area contributed by atoms with E-state index in [4.69, 9.17) is 19.2 Å². The van der Waals surface area contributed by atoms with Gasteiger partial charge < -0.3 is 30.0 Å². The summed E-state index contributed by atoms with van der Waals surface area (Å²) < 4.78 is 15.6. The molecule has 1 heterocycles. The number of benzene rings is 2. The fourth-order valence-electron chi connectivity index (χ4n) is 4.05. The number of fused-ring (bicyclic) bond motifs is 1. The Morgan fingerprint density at radius 3 is 2.78 bits per heavy atom. The van der Waals surface area contributed by atoms with E-state index in [1.807, 2.05) is 18.2 Å². The second kappa shape index (κ2) is 9.80. The van der Waals surface area contributed by atoms with Gasteiger partial charge in [0, 0.05) is 6.04 Å². The number of hydrogen-bond acceptors (Lipinski definition) is 6. The molecule has 0 bridgehead atoms. The number of hydrogen-bond donors (Lipinski definition) is 3. The molecule has 32 heavy (non-hydrogen) atoms. The van der Waals surface area contributed by atoms with Gasteiger partial charge in [-0.2, -0.15) is 0 Å². The van der Waals surface area contributed by atoms with E-state index in [9.17, 15) is 9.90 Å². The summed E-state index contributed by atoms with van der Waals surface area (Å²) in [6.07, 6.45) is 4.62. The molecule has 8 nitrogen and oxygen atoms in total. The van der Waals surface area contributed by atoms with Gasteiger partial charge in [-0.05, 0) is 54.7 Å². The SMILES string of the molecule is COC(=O)c1ccc(O)c(NC(=NCc2ccc3c(c2)OCO3)NC2CCCCC2C)c1. The molecule has 2 aromatic rings. The van der Waals surface area contributed by atoms with Gasteiger partial charge in [0.1, 0.15) is 5.75 Å². The Morgan fingerprint density at radius 1 is 1.16 bits per heavy atom. The van der Waals surface area contributed by atoms with Gasteiger partial charge in [0.05, 0.1) is 24.9 Å². The second-order valence-corrected chi connectivity index (χ2v) is 8.21. The smallest absolute Gasteiger partial charge is 0.337 e. The molecule has 0 amide bonds. The number of phenolic OH excluding ortho intramolecular Hbond substituents is 1. The highest BCUT2D eigenvalue weighted by Crippen LogP contribution is 2.33. The fraction of sp³-hybridized carbons (Fsp3) is 0.417. The summed E-state index contributed by atoms with van der Waals surface area (Å²) in [7, 11) is 1.33. The standard InChI is InChI=1S/C24H29N3O5/c1-15-5-3-4-6-18(15)26-24(25-13-16-7-10-21-22(11-16)32-14-31-21)27-19-12-17(23(29)30-2)8-9-20(19)28/h7-12,15,18,28H,3-6,13-14H2,1-2H3,(H2,25,26,27). The zero-order valence-corrected chi connectivity index (χ0v) is 18.4. The number of ether oxygens (including phenoxy) is 3. The normalized spacial score (nSPS) is 20.0. The number of aliphatic imine (C=N–C) groups is 1. The number of nitrogens with zero attached hydrogens (tertiary/aromatic N) is 1. The number of guanidine groups is 1. The summed E-state index contributed by atoms with van der Waals surface area (Å²) in [6, 6.07) is 10.6. The van der Waals surface area contributed by atoms with Crippen molar-refractivity contribution < 1.29 is 24.1 Å². The first-order valence-corrected chi connectivity index (χ1v) is 10.9. The third-order valence-electron chi connectivity index (χ3n) is 5.96. The number of anilines is 1. The van der Waals surface area contributed by atoms with Crippen LogP contribution in [0, 0.1) is 5.92 Å². The van der Waals surface area contributed by atoms with E-state index in [1.54, 1.807) is 6.07 Å². The highest BCUT2D eigenvalue weighted by molar-refractivity contribution is 5.97. The van der Waals surface area contributed by atoms with Crippen LogP contribution in [0.3, 0.4) is 0 Å². The van der Waals surface area contributed by atoms with Gasteiger partial charge in [0.15, 0.2) is 17.5 Å². The van der Waals surface area contributed by atoms with Gasteiger partial charge in [0.25, 0.3) is 0 Å². The Balaban J connectivity index is 1.57. The van der Waals surface area contributed by atoms with Crippen molar-refractivity contribution >= 4 is 17.6 Å². The van der Waals surface area contributed by atoms with Crippen molar-refractivity contribution in [3.05, 3.63) is 47.5 Å². The zero-order valence-electron chi connectivity index (χ0n) is 18.4. The van der Waals surface area contributed by atoms with Gasteiger partial charge in [-0.25, -0.2) is 9.79 Å². The number of carbonyl (C=O) groups excluding carboxylic acids is 1. The van der Waals surface area contributed by atoms with Crippen LogP contribution >= 0.6 is 0 Å². The lowest BCUT2D eigenvalue weighted by Gasteiger charge is -2.31. The average Bonchev–Trinajstić information content (AvgIpc) is 3.27. The lowest BCUT2D eigenvalue weighted by molar-refractivity contribution is 0.0600. The molecule has 0 saturated heterocycles. The summed E-state index contributed by atoms with van der Waals surface area (Å²) in [5.74, 6) is 2.04. The number of phenols is 1. The largest absolute Gasteiger partial charge is 0.506 e. The summed E-state index contributed by atoms with van der Waals surface area (Å²) in [5.41, 5.74) is 1.70. The molecule has 1 aliphatic heterocycles. The van der Waals surface area contributed by atoms with Crippen LogP contribution in [-0.2, 0) is 11.3 Å². The van der Waals surface area contributed by atoms with E-state index >= 15 is 0 Å². The molecule has 0 spiro atoms. The van der Waals surface area contributed by atoms with E-state index in [1.165, 1.54) is 32.1 Å². The molecular weight excluding hydrogens is 410 g/mol. The third-order valence-corrected chi connectivity index (χ3v) is 5.96. The molecule has 3 N–H and O–H groups in total. The van der Waals surface area contributed by atoms with Crippen molar-refractivity contribution in [2.24, 2.45) is 10.9 Å². The molecule has 1 aliphatic carbocycles. The monoisotopic (exact) mass is 439 g/mol. The van der Waals surface area contributed by atoms with Crippen LogP contribution < -0.4 is 20.1 Å². The fourth-order valence-corrected chi connectivity index (χ4v) is 4.05. The molecule has 1 fully saturated rings. The van der Waals surface area contributed by atoms with Crippen LogP contribution in [0.15, 0.2) is 41.4 Å². The second-order valence-electron chi connectivity index (χ2n) is 8.21. The quantitative estimate of drug-likeness (QED) is 0.280. The number of carbonyl (C=O) groups is 1. The summed E-state index contributed by atoms with van der Waals surface area (Å²) in [6.45, 7) is 2.87. The summed E-state index contributed by atoms with van der Waals surface area (Å²) >= 11 is 0. The van der Waals surface area contributed by atoms with Crippen molar-refractivity contribution in [1.29, 1.82) is 0 Å². The van der Waals surface area contributed by atoms with Crippen molar-refractivity contribution in [2.75, 3.05) is 19.2 Å². The van der Waals surface area contributed by atoms with Gasteiger partial charge in [0.2, 0.25) is 6.79 Å². The molecule has 2 aliphatic rings. The van der Waals surface area contributed by atoms with Crippen molar-refractivity contribution in [3.8, 4) is 17.2 Å². The Bertz CT molecular complexity index is 1010. The molecule has 2 unspecified atom stereocenters. The Labute approximate surface area is 187 Å². The zero-order chi connectivity index (χ0) is 22.5. The average molecular weight is 440 g/mol. The molecule has 0 radical (unpaired) electrons. The lowest BCUT2D eigenvalue weighted by atomic mass is 9.86. The topological polar surface area (TPSA) is 101 Å². The van der Waals surface area contributed by atoms with E-state index in [0.717, 1.165) is 24.2 Å². The van der Waals surface area contributed by atoms with Gasteiger partial charge in [-0.1, -0.05) is 25.8 Å². The highest BCUT2D eigenvalue weighted by atomic mass is 16.7. The molecule has 170 valence electrons. The minimum atomic E-state index is -0.472. The minimum absolute atomic E-state index is 0.0203. The van der Waals surface area contributed by atoms with Crippen LogP contribution in [0.1, 0.15) is 48.5 Å². The van der Waals surface area contributed by atoms with Crippen molar-refractivity contribution in [2.45, 2.75) is 45.2 Å². The van der Waals surface area contributed by atoms with E-state index in [0.29, 0.717) is 35.4 Å². The molecule has 4 rings (SSSR count). The first-order chi connectivity index (χ1) is 15.5. The molecule has 1 saturated carbocycles. The van der Waals surface area contributed by atoms with Crippen LogP contribution in [0.25, 0.3) is 0 Å². The predicted molar refractivity (Wildman–Crippen MR) is 121 cm³/mol. The van der Waals surface area contributed by atoms with Gasteiger partial charge in [-0.3, -0.25) is 0 Å². The first-order valence-electron chi connectivity index (χ1n) is 10.9. The molecular formula is C24H29N3O5. The third kappa shape index (κ3) is 5.07. The predicted octanol–water partition coefficient (Wildman–Crippen LogP) is 4.04. The summed E-state index contributed by atoms with van der Waals surface area (Å²) in [5, 5.41) is 17.1. The maximum absolute atomic E-state index is 11.9. The maximum Gasteiger partial charge on any atom is 0.337 e. The van der Waals surface area contributed by atoms with Gasteiger partial charge in [-0.15, -0.1) is 0 Å². The number of aromatic hydroxyl groups is 1. The summed E-state index contributed by atoms with van der Waals surface area (Å²) in [4.78, 5) is 16.7. The van der Waals surface area contributed by atoms with Crippen LogP contribution in [0.2, 0.25) is 0 Å². The van der Waals surface area contributed by atoms with Crippen molar-refractivity contribution in [3.63, 3.8) is 0 Å². The first kappa shape index (κ1) is 21.8. The van der Waals surface area contributed by atoms with Crippen LogP contribution in [0.5, 0.6) is 17.2 Å². The van der Waals surface area contributed by atoms with Crippen molar-refractivity contribution in [1.82, 2.24) is 5.32 Å². The number of rotatable bonds is 5. The van der Waals surface area contributed by atoms with E-state index in [-0.39, 0.29) is 18.6 Å². The number of esters is 1. The Morgan fingerprint density at radius 2 is 1.97 bits per heavy atom. The van der Waals surface area contributed by atoms with E-state index < -0.39 is 5.97 Å². The molecule has 0 aromatic heterocycles. The number of methoxy groups -OCH3 is 1. The maximum atomic E-state index is 11.9. The highest BCUT2D eigenvalue weighted by Gasteiger charge is 2.23. The Kier molecular flexibility index (Phi) is 6.68. The molecule has 2 aromatic carbocycles. The minimum Gasteiger partial charge on any atom is -0.506 e. The molecule has 2 atom stereocenters.